The molecular formula is C22H26F2N2O. The number of nitrogens with zero attached hydrogens (tertiary/aromatic N) is 1. The Morgan fingerprint density at radius 1 is 1.19 bits per heavy atom. The molecule has 27 heavy (non-hydrogen) atoms. The van der Waals surface area contributed by atoms with Crippen molar-refractivity contribution in [1.29, 1.82) is 0 Å². The van der Waals surface area contributed by atoms with Crippen molar-refractivity contribution in [2.24, 2.45) is 11.7 Å². The Morgan fingerprint density at radius 2 is 1.93 bits per heavy atom. The molecule has 1 aliphatic heterocycles. The maximum Gasteiger partial charge on any atom is 0.255 e. The van der Waals surface area contributed by atoms with Gasteiger partial charge >= 0.3 is 0 Å². The molecule has 0 saturated heterocycles. The van der Waals surface area contributed by atoms with Gasteiger partial charge in [-0.3, -0.25) is 4.90 Å². The first-order valence-corrected chi connectivity index (χ1v) is 9.60. The van der Waals surface area contributed by atoms with Gasteiger partial charge in [0.2, 0.25) is 0 Å². The molecule has 2 N–H and O–H groups in total. The van der Waals surface area contributed by atoms with Gasteiger partial charge in [-0.2, -0.15) is 0 Å². The number of hydrogen-bond acceptors (Lipinski definition) is 3. The molecule has 0 aromatic heterocycles. The van der Waals surface area contributed by atoms with Gasteiger partial charge in [0, 0.05) is 32.1 Å². The second kappa shape index (κ2) is 7.21. The van der Waals surface area contributed by atoms with E-state index in [2.05, 4.69) is 35.2 Å². The lowest BCUT2D eigenvalue weighted by Gasteiger charge is -2.29. The minimum absolute atomic E-state index is 0.0436. The van der Waals surface area contributed by atoms with Crippen LogP contribution >= 0.6 is 0 Å². The van der Waals surface area contributed by atoms with Crippen LogP contribution < -0.4 is 10.5 Å². The van der Waals surface area contributed by atoms with E-state index in [4.69, 9.17) is 10.5 Å². The number of rotatable bonds is 6. The van der Waals surface area contributed by atoms with Crippen molar-refractivity contribution in [3.63, 3.8) is 0 Å². The average Bonchev–Trinajstić information content (AvgIpc) is 3.27. The third-order valence-corrected chi connectivity index (χ3v) is 5.59. The fourth-order valence-electron chi connectivity index (χ4n) is 3.64. The monoisotopic (exact) mass is 372 g/mol. The molecule has 4 rings (SSSR count). The van der Waals surface area contributed by atoms with Gasteiger partial charge in [0.15, 0.2) is 0 Å². The zero-order chi connectivity index (χ0) is 19.0. The molecule has 1 heterocycles. The summed E-state index contributed by atoms with van der Waals surface area (Å²) in [7, 11) is 0. The second-order valence-electron chi connectivity index (χ2n) is 7.89. The van der Waals surface area contributed by atoms with Crippen molar-refractivity contribution in [1.82, 2.24) is 4.90 Å². The molecular weight excluding hydrogens is 346 g/mol. The summed E-state index contributed by atoms with van der Waals surface area (Å²) in [4.78, 5) is 2.43. The highest BCUT2D eigenvalue weighted by atomic mass is 19.3. The van der Waals surface area contributed by atoms with Gasteiger partial charge in [0.25, 0.3) is 5.92 Å². The van der Waals surface area contributed by atoms with E-state index in [0.717, 1.165) is 31.6 Å². The fourth-order valence-corrected chi connectivity index (χ4v) is 3.64. The van der Waals surface area contributed by atoms with Crippen LogP contribution in [0.1, 0.15) is 41.6 Å². The molecule has 0 bridgehead atoms. The van der Waals surface area contributed by atoms with Crippen LogP contribution in [0.5, 0.6) is 5.75 Å². The molecule has 5 heteroatoms. The first-order chi connectivity index (χ1) is 12.9. The standard InChI is InChI=1S/C22H26F2N2O/c1-15(25)17-4-2-16(3-5-17)12-26-9-8-18-10-21(7-6-19(18)13-26)27-14-20-11-22(20,23)24/h2-7,10,15,20H,8-9,11-14,25H2,1H3. The lowest BCUT2D eigenvalue weighted by Crippen LogP contribution is -2.30. The van der Waals surface area contributed by atoms with E-state index in [9.17, 15) is 8.78 Å². The van der Waals surface area contributed by atoms with Gasteiger partial charge in [-0.25, -0.2) is 8.78 Å². The van der Waals surface area contributed by atoms with Gasteiger partial charge in [0.05, 0.1) is 12.5 Å². The Labute approximate surface area is 159 Å². The van der Waals surface area contributed by atoms with Crippen LogP contribution in [0, 0.1) is 5.92 Å². The number of nitrogens with two attached hydrogens (primary N) is 1. The largest absolute Gasteiger partial charge is 0.493 e. The molecule has 144 valence electrons. The lowest BCUT2D eigenvalue weighted by molar-refractivity contribution is 0.0856. The van der Waals surface area contributed by atoms with Crippen LogP contribution in [0.25, 0.3) is 0 Å². The second-order valence-corrected chi connectivity index (χ2v) is 7.89. The summed E-state index contributed by atoms with van der Waals surface area (Å²) in [6, 6.07) is 14.6. The van der Waals surface area contributed by atoms with Crippen molar-refractivity contribution < 1.29 is 13.5 Å². The van der Waals surface area contributed by atoms with Gasteiger partial charge in [-0.15, -0.1) is 0 Å². The Morgan fingerprint density at radius 3 is 2.59 bits per heavy atom. The summed E-state index contributed by atoms with van der Waals surface area (Å²) in [5.41, 5.74) is 10.9. The molecule has 1 saturated carbocycles. The highest BCUT2D eigenvalue weighted by Gasteiger charge is 2.57. The van der Waals surface area contributed by atoms with E-state index in [1.165, 1.54) is 16.7 Å². The number of ether oxygens (including phenoxy) is 1. The predicted molar refractivity (Wildman–Crippen MR) is 102 cm³/mol. The Hall–Kier alpha value is -1.98. The van der Waals surface area contributed by atoms with Gasteiger partial charge in [-0.1, -0.05) is 30.3 Å². The molecule has 0 amide bonds. The normalized spacial score (nSPS) is 22.1. The summed E-state index contributed by atoms with van der Waals surface area (Å²) in [6.45, 7) is 4.88. The van der Waals surface area contributed by atoms with Crippen molar-refractivity contribution in [2.75, 3.05) is 13.2 Å². The Bertz CT molecular complexity index is 804. The van der Waals surface area contributed by atoms with Crippen molar-refractivity contribution in [3.05, 3.63) is 64.7 Å². The maximum absolute atomic E-state index is 13.0. The Balaban J connectivity index is 1.34. The summed E-state index contributed by atoms with van der Waals surface area (Å²) < 4.78 is 31.5. The minimum Gasteiger partial charge on any atom is -0.493 e. The molecule has 2 aliphatic rings. The van der Waals surface area contributed by atoms with E-state index < -0.39 is 11.8 Å². The average molecular weight is 372 g/mol. The topological polar surface area (TPSA) is 38.5 Å². The summed E-state index contributed by atoms with van der Waals surface area (Å²) in [6.07, 6.45) is 0.905. The molecule has 2 aromatic carbocycles. The van der Waals surface area contributed by atoms with Crippen molar-refractivity contribution in [3.8, 4) is 5.75 Å². The third kappa shape index (κ3) is 4.30. The van der Waals surface area contributed by atoms with E-state index >= 15 is 0 Å². The van der Waals surface area contributed by atoms with Gasteiger partial charge in [-0.05, 0) is 47.7 Å². The third-order valence-electron chi connectivity index (χ3n) is 5.59. The molecule has 1 fully saturated rings. The van der Waals surface area contributed by atoms with E-state index in [1.54, 1.807) is 0 Å². The van der Waals surface area contributed by atoms with Gasteiger partial charge in [0.1, 0.15) is 5.75 Å². The molecule has 0 spiro atoms. The summed E-state index contributed by atoms with van der Waals surface area (Å²) in [5, 5.41) is 0. The highest BCUT2D eigenvalue weighted by molar-refractivity contribution is 5.37. The molecule has 1 aliphatic carbocycles. The molecule has 3 nitrogen and oxygen atoms in total. The van der Waals surface area contributed by atoms with Crippen LogP contribution in [-0.2, 0) is 19.5 Å². The van der Waals surface area contributed by atoms with Crippen LogP contribution in [-0.4, -0.2) is 24.0 Å². The highest BCUT2D eigenvalue weighted by Crippen LogP contribution is 2.48. The van der Waals surface area contributed by atoms with E-state index in [0.29, 0.717) is 5.75 Å². The zero-order valence-electron chi connectivity index (χ0n) is 15.6. The van der Waals surface area contributed by atoms with Crippen LogP contribution in [0.4, 0.5) is 8.78 Å². The first kappa shape index (κ1) is 18.4. The van der Waals surface area contributed by atoms with Crippen molar-refractivity contribution >= 4 is 0 Å². The number of fused-ring (bicyclic) bond motifs is 1. The fraction of sp³-hybridized carbons (Fsp3) is 0.455. The van der Waals surface area contributed by atoms with Crippen LogP contribution in [0.3, 0.4) is 0 Å². The predicted octanol–water partition coefficient (Wildman–Crippen LogP) is 4.30. The van der Waals surface area contributed by atoms with Gasteiger partial charge < -0.3 is 10.5 Å². The minimum atomic E-state index is -2.52. The first-order valence-electron chi connectivity index (χ1n) is 9.60. The zero-order valence-corrected chi connectivity index (χ0v) is 15.6. The lowest BCUT2D eigenvalue weighted by atomic mass is 9.98. The molecule has 2 atom stereocenters. The quantitative estimate of drug-likeness (QED) is 0.822. The summed E-state index contributed by atoms with van der Waals surface area (Å²) in [5.74, 6) is -2.43. The van der Waals surface area contributed by atoms with Crippen LogP contribution in [0.15, 0.2) is 42.5 Å². The number of alkyl halides is 2. The number of hydrogen-bond donors (Lipinski definition) is 1. The van der Waals surface area contributed by atoms with Crippen molar-refractivity contribution in [2.45, 2.75) is 44.8 Å². The molecule has 2 aromatic rings. The van der Waals surface area contributed by atoms with E-state index in [-0.39, 0.29) is 19.1 Å². The molecule has 0 radical (unpaired) electrons. The smallest absolute Gasteiger partial charge is 0.255 e. The Kier molecular flexibility index (Phi) is 4.91. The molecule has 2 unspecified atom stereocenters. The number of halogens is 2. The maximum atomic E-state index is 13.0. The van der Waals surface area contributed by atoms with Crippen LogP contribution in [0.2, 0.25) is 0 Å². The van der Waals surface area contributed by atoms with E-state index in [1.807, 2.05) is 19.1 Å². The SMILES string of the molecule is CC(N)c1ccc(CN2CCc3cc(OCC4CC4(F)F)ccc3C2)cc1. The number of benzene rings is 2. The summed E-state index contributed by atoms with van der Waals surface area (Å²) >= 11 is 0.